The summed E-state index contributed by atoms with van der Waals surface area (Å²) in [5.41, 5.74) is 3.42. The fourth-order valence-electron chi connectivity index (χ4n) is 3.40. The molecule has 1 amide bonds. The summed E-state index contributed by atoms with van der Waals surface area (Å²) in [7, 11) is 0. The first-order chi connectivity index (χ1) is 12.3. The van der Waals surface area contributed by atoms with Crippen molar-refractivity contribution >= 4 is 22.6 Å². The molecule has 0 fully saturated rings. The second kappa shape index (κ2) is 7.54. The molecule has 5 nitrogen and oxygen atoms in total. The van der Waals surface area contributed by atoms with Gasteiger partial charge in [-0.1, -0.05) is 24.3 Å². The van der Waals surface area contributed by atoms with Crippen molar-refractivity contribution in [2.24, 2.45) is 0 Å². The Kier molecular flexibility index (Phi) is 5.37. The molecule has 1 aliphatic heterocycles. The average molecular weight is 355 g/mol. The van der Waals surface area contributed by atoms with E-state index < -0.39 is 5.60 Å². The lowest BCUT2D eigenvalue weighted by Gasteiger charge is -2.29. The van der Waals surface area contributed by atoms with Crippen LogP contribution in [0.5, 0.6) is 0 Å². The minimum atomic E-state index is -0.466. The molecular weight excluding hydrogens is 326 g/mol. The summed E-state index contributed by atoms with van der Waals surface area (Å²) < 4.78 is 5.32. The van der Waals surface area contributed by atoms with Crippen LogP contribution in [0.3, 0.4) is 0 Å². The Morgan fingerprint density at radius 2 is 2.12 bits per heavy atom. The molecule has 1 atom stereocenters. The minimum Gasteiger partial charge on any atom is -0.444 e. The number of aromatic nitrogens is 1. The predicted octanol–water partition coefficient (Wildman–Crippen LogP) is 4.17. The third-order valence-electron chi connectivity index (χ3n) is 4.52. The molecule has 0 aliphatic carbocycles. The van der Waals surface area contributed by atoms with Crippen molar-refractivity contribution in [3.8, 4) is 0 Å². The Labute approximate surface area is 155 Å². The molecule has 1 aliphatic rings. The summed E-state index contributed by atoms with van der Waals surface area (Å²) in [6, 6.07) is 8.46. The molecule has 1 aromatic heterocycles. The molecule has 0 unspecified atom stereocenters. The highest BCUT2D eigenvalue weighted by Gasteiger charge is 2.20. The van der Waals surface area contributed by atoms with E-state index in [1.807, 2.05) is 27.7 Å². The third kappa shape index (κ3) is 4.67. The van der Waals surface area contributed by atoms with Gasteiger partial charge in [0, 0.05) is 48.3 Å². The molecule has 1 aromatic carbocycles. The second-order valence-electron chi connectivity index (χ2n) is 8.03. The van der Waals surface area contributed by atoms with E-state index in [1.54, 1.807) is 0 Å². The fraction of sp³-hybridized carbons (Fsp3) is 0.476. The molecule has 2 N–H and O–H groups in total. The van der Waals surface area contributed by atoms with E-state index in [1.165, 1.54) is 22.0 Å². The molecule has 3 rings (SSSR count). The third-order valence-corrected chi connectivity index (χ3v) is 4.52. The lowest BCUT2D eigenvalue weighted by atomic mass is 9.99. The van der Waals surface area contributed by atoms with E-state index in [4.69, 9.17) is 4.74 Å². The number of hydrogen-bond acceptors (Lipinski definition) is 3. The van der Waals surface area contributed by atoms with Crippen molar-refractivity contribution in [1.29, 1.82) is 0 Å². The van der Waals surface area contributed by atoms with Gasteiger partial charge in [0.1, 0.15) is 5.60 Å². The van der Waals surface area contributed by atoms with Gasteiger partial charge in [-0.2, -0.15) is 0 Å². The number of H-pyrrole nitrogens is 1. The van der Waals surface area contributed by atoms with Gasteiger partial charge in [-0.05, 0) is 45.8 Å². The number of rotatable bonds is 4. The first-order valence-corrected chi connectivity index (χ1v) is 9.29. The molecule has 0 radical (unpaired) electrons. The van der Waals surface area contributed by atoms with Crippen molar-refractivity contribution in [1.82, 2.24) is 15.2 Å². The molecule has 5 heteroatoms. The van der Waals surface area contributed by atoms with Crippen LogP contribution in [-0.2, 0) is 4.74 Å². The number of nitrogens with zero attached hydrogens (tertiary/aromatic N) is 1. The normalized spacial score (nSPS) is 17.0. The van der Waals surface area contributed by atoms with Crippen LogP contribution in [0.4, 0.5) is 4.79 Å². The average Bonchev–Trinajstić information content (AvgIpc) is 2.97. The summed E-state index contributed by atoms with van der Waals surface area (Å²) in [5.74, 6) is 0. The Morgan fingerprint density at radius 3 is 2.81 bits per heavy atom. The van der Waals surface area contributed by atoms with Gasteiger partial charge in [0.05, 0.1) is 0 Å². The van der Waals surface area contributed by atoms with Crippen molar-refractivity contribution in [3.05, 3.63) is 42.1 Å². The number of ether oxygens (including phenoxy) is 1. The van der Waals surface area contributed by atoms with Crippen molar-refractivity contribution < 1.29 is 9.53 Å². The molecule has 26 heavy (non-hydrogen) atoms. The lowest BCUT2D eigenvalue weighted by Crippen LogP contribution is -2.44. The molecular formula is C21H29N3O2. The van der Waals surface area contributed by atoms with Crippen LogP contribution in [0.2, 0.25) is 0 Å². The molecule has 0 bridgehead atoms. The van der Waals surface area contributed by atoms with Gasteiger partial charge < -0.3 is 15.0 Å². The Morgan fingerprint density at radius 1 is 1.35 bits per heavy atom. The summed E-state index contributed by atoms with van der Waals surface area (Å²) >= 11 is 0. The Bertz CT molecular complexity index is 801. The predicted molar refractivity (Wildman–Crippen MR) is 106 cm³/mol. The first kappa shape index (κ1) is 18.5. The van der Waals surface area contributed by atoms with Gasteiger partial charge in [-0.25, -0.2) is 4.79 Å². The number of alkyl carbamates (subject to hydrolysis) is 1. The van der Waals surface area contributed by atoms with Gasteiger partial charge in [-0.3, -0.25) is 4.90 Å². The zero-order valence-electron chi connectivity index (χ0n) is 16.1. The fourth-order valence-corrected chi connectivity index (χ4v) is 3.40. The SMILES string of the molecule is C[C@H](CN1CC=C(c2c[nH]c3ccccc23)CC1)NC(=O)OC(C)(C)C. The molecule has 2 aromatic rings. The number of aromatic amines is 1. The maximum atomic E-state index is 11.9. The van der Waals surface area contributed by atoms with E-state index in [0.717, 1.165) is 26.1 Å². The standard InChI is InChI=1S/C21H29N3O2/c1-15(23-20(25)26-21(2,3)4)14-24-11-9-16(10-12-24)18-13-22-19-8-6-5-7-17(18)19/h5-9,13,15,22H,10-12,14H2,1-4H3,(H,23,25)/t15-/m1/s1. The van der Waals surface area contributed by atoms with Gasteiger partial charge in [0.25, 0.3) is 0 Å². The van der Waals surface area contributed by atoms with Crippen molar-refractivity contribution in [3.63, 3.8) is 0 Å². The van der Waals surface area contributed by atoms with Crippen LogP contribution in [0, 0.1) is 0 Å². The van der Waals surface area contributed by atoms with E-state index in [2.05, 4.69) is 51.7 Å². The van der Waals surface area contributed by atoms with E-state index in [9.17, 15) is 4.79 Å². The van der Waals surface area contributed by atoms with Crippen LogP contribution in [0.15, 0.2) is 36.5 Å². The van der Waals surface area contributed by atoms with Crippen LogP contribution in [0.1, 0.15) is 39.7 Å². The number of amides is 1. The van der Waals surface area contributed by atoms with E-state index in [-0.39, 0.29) is 12.1 Å². The van der Waals surface area contributed by atoms with Gasteiger partial charge in [0.2, 0.25) is 0 Å². The largest absolute Gasteiger partial charge is 0.444 e. The highest BCUT2D eigenvalue weighted by atomic mass is 16.6. The number of carbonyl (C=O) groups is 1. The van der Waals surface area contributed by atoms with E-state index >= 15 is 0 Å². The highest BCUT2D eigenvalue weighted by molar-refractivity contribution is 5.92. The maximum absolute atomic E-state index is 11.9. The number of hydrogen-bond donors (Lipinski definition) is 2. The van der Waals surface area contributed by atoms with E-state index in [0.29, 0.717) is 0 Å². The summed E-state index contributed by atoms with van der Waals surface area (Å²) in [6.07, 6.45) is 5.08. The number of benzene rings is 1. The first-order valence-electron chi connectivity index (χ1n) is 9.29. The number of para-hydroxylation sites is 1. The zero-order valence-corrected chi connectivity index (χ0v) is 16.1. The van der Waals surface area contributed by atoms with Crippen LogP contribution < -0.4 is 5.32 Å². The summed E-state index contributed by atoms with van der Waals surface area (Å²) in [4.78, 5) is 17.6. The lowest BCUT2D eigenvalue weighted by molar-refractivity contribution is 0.0498. The van der Waals surface area contributed by atoms with Crippen molar-refractivity contribution in [2.45, 2.75) is 45.8 Å². The van der Waals surface area contributed by atoms with Crippen LogP contribution in [0.25, 0.3) is 16.5 Å². The molecule has 0 saturated heterocycles. The summed E-state index contributed by atoms with van der Waals surface area (Å²) in [6.45, 7) is 10.3. The van der Waals surface area contributed by atoms with Gasteiger partial charge in [0.15, 0.2) is 0 Å². The minimum absolute atomic E-state index is 0.0490. The Balaban J connectivity index is 1.55. The number of carbonyl (C=O) groups excluding carboxylic acids is 1. The monoisotopic (exact) mass is 355 g/mol. The smallest absolute Gasteiger partial charge is 0.407 e. The number of nitrogens with one attached hydrogen (secondary N) is 2. The highest BCUT2D eigenvalue weighted by Crippen LogP contribution is 2.29. The molecule has 140 valence electrons. The zero-order chi connectivity index (χ0) is 18.7. The van der Waals surface area contributed by atoms with Crippen LogP contribution >= 0.6 is 0 Å². The van der Waals surface area contributed by atoms with Gasteiger partial charge >= 0.3 is 6.09 Å². The summed E-state index contributed by atoms with van der Waals surface area (Å²) in [5, 5.41) is 4.20. The molecule has 0 spiro atoms. The number of fused-ring (bicyclic) bond motifs is 1. The van der Waals surface area contributed by atoms with Crippen molar-refractivity contribution in [2.75, 3.05) is 19.6 Å². The van der Waals surface area contributed by atoms with Crippen LogP contribution in [-0.4, -0.2) is 47.3 Å². The molecule has 2 heterocycles. The second-order valence-corrected chi connectivity index (χ2v) is 8.03. The maximum Gasteiger partial charge on any atom is 0.407 e. The quantitative estimate of drug-likeness (QED) is 0.865. The Hall–Kier alpha value is -2.27. The van der Waals surface area contributed by atoms with Gasteiger partial charge in [-0.15, -0.1) is 0 Å². The molecule has 0 saturated carbocycles. The topological polar surface area (TPSA) is 57.4 Å².